The maximum Gasteiger partial charge on any atom is 0.270 e. The van der Waals surface area contributed by atoms with Gasteiger partial charge in [-0.2, -0.15) is 0 Å². The summed E-state index contributed by atoms with van der Waals surface area (Å²) in [5.41, 5.74) is 7.04. The number of anilines is 1. The molecule has 17 heavy (non-hydrogen) atoms. The molecule has 0 bridgehead atoms. The van der Waals surface area contributed by atoms with E-state index in [9.17, 15) is 10.1 Å². The lowest BCUT2D eigenvalue weighted by atomic mass is 9.78. The third kappa shape index (κ3) is 2.86. The van der Waals surface area contributed by atoms with Crippen molar-refractivity contribution in [2.45, 2.75) is 24.8 Å². The number of hydrogen-bond donors (Lipinski definition) is 2. The molecule has 1 aliphatic rings. The van der Waals surface area contributed by atoms with Crippen molar-refractivity contribution in [3.05, 3.63) is 31.9 Å². The minimum atomic E-state index is -0.387. The Bertz CT molecular complexity index is 446. The van der Waals surface area contributed by atoms with Gasteiger partial charge in [-0.05, 0) is 47.9 Å². The van der Waals surface area contributed by atoms with Crippen molar-refractivity contribution >= 4 is 34.0 Å². The Kier molecular flexibility index (Phi) is 3.53. The number of hydrogen-bond acceptors (Lipinski definition) is 4. The molecule has 6 heteroatoms. The molecule has 1 aliphatic carbocycles. The number of benzene rings is 1. The number of non-ortho nitro benzene ring substituents is 1. The van der Waals surface area contributed by atoms with Gasteiger partial charge in [-0.15, -0.1) is 0 Å². The van der Waals surface area contributed by atoms with E-state index < -0.39 is 0 Å². The molecule has 3 N–H and O–H groups in total. The first-order valence-electron chi connectivity index (χ1n) is 5.47. The molecule has 1 aromatic carbocycles. The Labute approximate surface area is 113 Å². The van der Waals surface area contributed by atoms with E-state index in [1.165, 1.54) is 12.5 Å². The van der Waals surface area contributed by atoms with Gasteiger partial charge in [0, 0.05) is 33.5 Å². The van der Waals surface area contributed by atoms with Crippen molar-refractivity contribution in [2.24, 2.45) is 5.73 Å². The van der Waals surface area contributed by atoms with Gasteiger partial charge in [0.15, 0.2) is 0 Å². The smallest absolute Gasteiger partial charge is 0.270 e. The van der Waals surface area contributed by atoms with Crippen molar-refractivity contribution in [3.8, 4) is 0 Å². The molecule has 5 nitrogen and oxygen atoms in total. The Morgan fingerprint density at radius 3 is 2.71 bits per heavy atom. The van der Waals surface area contributed by atoms with Gasteiger partial charge in [-0.3, -0.25) is 10.1 Å². The summed E-state index contributed by atoms with van der Waals surface area (Å²) in [5, 5.41) is 13.9. The van der Waals surface area contributed by atoms with Crippen LogP contribution in [-0.2, 0) is 0 Å². The summed E-state index contributed by atoms with van der Waals surface area (Å²) >= 11 is 2.09. The number of rotatable bonds is 4. The minimum absolute atomic E-state index is 0.0924. The Balaban J connectivity index is 2.03. The number of nitro benzene ring substituents is 1. The summed E-state index contributed by atoms with van der Waals surface area (Å²) in [6.07, 6.45) is 3.28. The van der Waals surface area contributed by atoms with Crippen molar-refractivity contribution in [1.29, 1.82) is 0 Å². The van der Waals surface area contributed by atoms with Gasteiger partial charge >= 0.3 is 0 Å². The van der Waals surface area contributed by atoms with Crippen LogP contribution >= 0.6 is 22.6 Å². The number of nitro groups is 1. The monoisotopic (exact) mass is 347 g/mol. The predicted molar refractivity (Wildman–Crippen MR) is 75.1 cm³/mol. The fraction of sp³-hybridized carbons (Fsp3) is 0.455. The highest BCUT2D eigenvalue weighted by molar-refractivity contribution is 14.1. The van der Waals surface area contributed by atoms with E-state index in [0.717, 1.165) is 28.6 Å². The van der Waals surface area contributed by atoms with E-state index in [0.29, 0.717) is 0 Å². The van der Waals surface area contributed by atoms with Gasteiger partial charge in [0.1, 0.15) is 0 Å². The van der Waals surface area contributed by atoms with Crippen LogP contribution in [0.3, 0.4) is 0 Å². The van der Waals surface area contributed by atoms with E-state index in [-0.39, 0.29) is 16.1 Å². The van der Waals surface area contributed by atoms with Crippen LogP contribution in [0.5, 0.6) is 0 Å². The molecule has 0 heterocycles. The molecule has 1 fully saturated rings. The third-order valence-electron chi connectivity index (χ3n) is 3.14. The normalized spacial score (nSPS) is 17.3. The molecule has 92 valence electrons. The minimum Gasteiger partial charge on any atom is -0.382 e. The molecule has 0 amide bonds. The molecule has 0 spiro atoms. The first-order valence-corrected chi connectivity index (χ1v) is 6.55. The van der Waals surface area contributed by atoms with E-state index in [4.69, 9.17) is 5.73 Å². The lowest BCUT2D eigenvalue weighted by Gasteiger charge is -2.38. The first kappa shape index (κ1) is 12.6. The number of nitrogens with two attached hydrogens (primary N) is 1. The average molecular weight is 347 g/mol. The second-order valence-corrected chi connectivity index (χ2v) is 5.65. The zero-order valence-electron chi connectivity index (χ0n) is 9.28. The van der Waals surface area contributed by atoms with Crippen LogP contribution < -0.4 is 11.1 Å². The van der Waals surface area contributed by atoms with Gasteiger partial charge in [0.25, 0.3) is 5.69 Å². The highest BCUT2D eigenvalue weighted by atomic mass is 127. The van der Waals surface area contributed by atoms with Crippen LogP contribution in [-0.4, -0.2) is 17.0 Å². The second kappa shape index (κ2) is 4.77. The molecule has 0 radical (unpaired) electrons. The quantitative estimate of drug-likeness (QED) is 0.498. The first-order chi connectivity index (χ1) is 8.00. The van der Waals surface area contributed by atoms with Crippen molar-refractivity contribution in [1.82, 2.24) is 0 Å². The van der Waals surface area contributed by atoms with Gasteiger partial charge in [-0.1, -0.05) is 0 Å². The van der Waals surface area contributed by atoms with Gasteiger partial charge in [-0.25, -0.2) is 0 Å². The standard InChI is InChI=1S/C11H14IN3O2/c12-9-6-8(15(16)17)2-3-10(9)14-7-11(13)4-1-5-11/h2-3,6,14H,1,4-5,7,13H2. The highest BCUT2D eigenvalue weighted by Crippen LogP contribution is 2.30. The highest BCUT2D eigenvalue weighted by Gasteiger charge is 2.32. The van der Waals surface area contributed by atoms with Crippen LogP contribution in [0.4, 0.5) is 11.4 Å². The summed E-state index contributed by atoms with van der Waals surface area (Å²) in [6, 6.07) is 4.81. The summed E-state index contributed by atoms with van der Waals surface area (Å²) in [7, 11) is 0. The zero-order valence-corrected chi connectivity index (χ0v) is 11.4. The van der Waals surface area contributed by atoms with Crippen molar-refractivity contribution < 1.29 is 4.92 Å². The van der Waals surface area contributed by atoms with Crippen LogP contribution in [0.15, 0.2) is 18.2 Å². The lowest BCUT2D eigenvalue weighted by molar-refractivity contribution is -0.384. The number of nitrogens with zero attached hydrogens (tertiary/aromatic N) is 1. The molecule has 0 aliphatic heterocycles. The summed E-state index contributed by atoms with van der Waals surface area (Å²) in [4.78, 5) is 10.2. The largest absolute Gasteiger partial charge is 0.382 e. The predicted octanol–water partition coefficient (Wildman–Crippen LogP) is 2.49. The molecule has 0 unspecified atom stereocenters. The number of nitrogens with one attached hydrogen (secondary N) is 1. The van der Waals surface area contributed by atoms with Crippen LogP contribution in [0.2, 0.25) is 0 Å². The van der Waals surface area contributed by atoms with Gasteiger partial charge < -0.3 is 11.1 Å². The third-order valence-corrected chi connectivity index (χ3v) is 4.04. The SMILES string of the molecule is NC1(CNc2ccc([N+](=O)[O-])cc2I)CCC1. The van der Waals surface area contributed by atoms with Crippen LogP contribution in [0.1, 0.15) is 19.3 Å². The molecule has 0 saturated heterocycles. The van der Waals surface area contributed by atoms with Crippen LogP contribution in [0.25, 0.3) is 0 Å². The van der Waals surface area contributed by atoms with E-state index in [1.54, 1.807) is 12.1 Å². The van der Waals surface area contributed by atoms with Gasteiger partial charge in [0.2, 0.25) is 0 Å². The maximum absolute atomic E-state index is 10.6. The molecular formula is C11H14IN3O2. The van der Waals surface area contributed by atoms with E-state index >= 15 is 0 Å². The molecule has 1 aromatic rings. The van der Waals surface area contributed by atoms with E-state index in [2.05, 4.69) is 27.9 Å². The Morgan fingerprint density at radius 2 is 2.24 bits per heavy atom. The lowest BCUT2D eigenvalue weighted by Crippen LogP contribution is -2.52. The average Bonchev–Trinajstić information content (AvgIpc) is 2.24. The molecule has 0 aromatic heterocycles. The van der Waals surface area contributed by atoms with Crippen molar-refractivity contribution in [2.75, 3.05) is 11.9 Å². The molecule has 2 rings (SSSR count). The summed E-state index contributed by atoms with van der Waals surface area (Å²) in [5.74, 6) is 0. The number of halogens is 1. The Morgan fingerprint density at radius 1 is 1.53 bits per heavy atom. The summed E-state index contributed by atoms with van der Waals surface area (Å²) < 4.78 is 0.847. The van der Waals surface area contributed by atoms with Crippen LogP contribution in [0, 0.1) is 13.7 Å². The fourth-order valence-corrected chi connectivity index (χ4v) is 2.53. The molecule has 1 saturated carbocycles. The maximum atomic E-state index is 10.6. The fourth-order valence-electron chi connectivity index (χ4n) is 1.84. The summed E-state index contributed by atoms with van der Waals surface area (Å²) in [6.45, 7) is 0.723. The molecular weight excluding hydrogens is 333 g/mol. The van der Waals surface area contributed by atoms with Crippen molar-refractivity contribution in [3.63, 3.8) is 0 Å². The van der Waals surface area contributed by atoms with Gasteiger partial charge in [0.05, 0.1) is 4.92 Å². The molecule has 0 atom stereocenters. The topological polar surface area (TPSA) is 81.2 Å². The second-order valence-electron chi connectivity index (χ2n) is 4.49. The zero-order chi connectivity index (χ0) is 12.5. The Hall–Kier alpha value is -0.890. The van der Waals surface area contributed by atoms with E-state index in [1.807, 2.05) is 0 Å².